The van der Waals surface area contributed by atoms with E-state index in [9.17, 15) is 5.11 Å². The number of aromatic amines is 1. The standard InChI is InChI=1S/C20H13NO/c22-13-6-8-16-18-10-9-15-14-4-2-1-3-12(14)5-7-17(15)20(18)21-19(16)11-13/h1-11,21-22H. The Morgan fingerprint density at radius 3 is 2.32 bits per heavy atom. The van der Waals surface area contributed by atoms with Crippen molar-refractivity contribution >= 4 is 43.4 Å². The number of aromatic hydroxyl groups is 1. The van der Waals surface area contributed by atoms with Crippen LogP contribution in [0.15, 0.2) is 66.7 Å². The van der Waals surface area contributed by atoms with Crippen LogP contribution in [0.2, 0.25) is 0 Å². The van der Waals surface area contributed by atoms with Gasteiger partial charge in [0.15, 0.2) is 0 Å². The molecule has 0 spiro atoms. The SMILES string of the molecule is Oc1ccc2c(c1)[nH]c1c2ccc2c3ccccc3ccc21. The van der Waals surface area contributed by atoms with Gasteiger partial charge >= 0.3 is 0 Å². The topological polar surface area (TPSA) is 36.0 Å². The van der Waals surface area contributed by atoms with Crippen molar-refractivity contribution in [2.45, 2.75) is 0 Å². The van der Waals surface area contributed by atoms with Crippen LogP contribution >= 0.6 is 0 Å². The monoisotopic (exact) mass is 283 g/mol. The highest BCUT2D eigenvalue weighted by Gasteiger charge is 2.09. The molecule has 0 unspecified atom stereocenters. The molecular weight excluding hydrogens is 270 g/mol. The molecule has 0 aliphatic heterocycles. The molecule has 22 heavy (non-hydrogen) atoms. The van der Waals surface area contributed by atoms with Crippen molar-refractivity contribution in [3.8, 4) is 5.75 Å². The van der Waals surface area contributed by atoms with E-state index in [2.05, 4.69) is 53.5 Å². The summed E-state index contributed by atoms with van der Waals surface area (Å²) < 4.78 is 0. The predicted molar refractivity (Wildman–Crippen MR) is 92.5 cm³/mol. The molecule has 4 aromatic carbocycles. The van der Waals surface area contributed by atoms with E-state index in [4.69, 9.17) is 0 Å². The van der Waals surface area contributed by atoms with Gasteiger partial charge < -0.3 is 10.1 Å². The number of aromatic nitrogens is 1. The van der Waals surface area contributed by atoms with E-state index in [1.54, 1.807) is 12.1 Å². The van der Waals surface area contributed by atoms with Gasteiger partial charge in [0.05, 0.1) is 11.0 Å². The second-order valence-electron chi connectivity index (χ2n) is 5.72. The smallest absolute Gasteiger partial charge is 0.117 e. The minimum absolute atomic E-state index is 0.286. The van der Waals surface area contributed by atoms with Crippen LogP contribution in [0.4, 0.5) is 0 Å². The van der Waals surface area contributed by atoms with Gasteiger partial charge in [0.25, 0.3) is 0 Å². The third kappa shape index (κ3) is 1.44. The fourth-order valence-corrected chi connectivity index (χ4v) is 3.45. The van der Waals surface area contributed by atoms with Gasteiger partial charge in [-0.25, -0.2) is 0 Å². The molecule has 104 valence electrons. The molecule has 0 atom stereocenters. The Hall–Kier alpha value is -3.00. The number of H-pyrrole nitrogens is 1. The zero-order valence-electron chi connectivity index (χ0n) is 11.8. The van der Waals surface area contributed by atoms with Gasteiger partial charge in [-0.2, -0.15) is 0 Å². The van der Waals surface area contributed by atoms with Crippen molar-refractivity contribution in [3.63, 3.8) is 0 Å². The maximum atomic E-state index is 9.69. The first-order valence-electron chi connectivity index (χ1n) is 7.36. The van der Waals surface area contributed by atoms with Crippen molar-refractivity contribution < 1.29 is 5.11 Å². The average Bonchev–Trinajstić information content (AvgIpc) is 2.92. The Balaban J connectivity index is 2.03. The molecule has 0 radical (unpaired) electrons. The van der Waals surface area contributed by atoms with Gasteiger partial charge in [-0.15, -0.1) is 0 Å². The van der Waals surface area contributed by atoms with Crippen molar-refractivity contribution in [3.05, 3.63) is 66.7 Å². The maximum Gasteiger partial charge on any atom is 0.117 e. The minimum atomic E-state index is 0.286. The summed E-state index contributed by atoms with van der Waals surface area (Å²) in [4.78, 5) is 3.47. The van der Waals surface area contributed by atoms with Crippen molar-refractivity contribution in [2.75, 3.05) is 0 Å². The molecule has 0 aliphatic carbocycles. The van der Waals surface area contributed by atoms with Gasteiger partial charge in [0.2, 0.25) is 0 Å². The van der Waals surface area contributed by atoms with Gasteiger partial charge in [0, 0.05) is 22.2 Å². The minimum Gasteiger partial charge on any atom is -0.508 e. The normalized spacial score (nSPS) is 11.8. The summed E-state index contributed by atoms with van der Waals surface area (Å²) in [5, 5.41) is 17.0. The van der Waals surface area contributed by atoms with Crippen LogP contribution in [0.3, 0.4) is 0 Å². The molecule has 0 saturated carbocycles. The lowest BCUT2D eigenvalue weighted by atomic mass is 10.00. The number of phenolic OH excluding ortho intramolecular Hbond substituents is 1. The summed E-state index contributed by atoms with van der Waals surface area (Å²) in [7, 11) is 0. The molecule has 2 nitrogen and oxygen atoms in total. The molecule has 5 aromatic rings. The van der Waals surface area contributed by atoms with E-state index in [0.29, 0.717) is 0 Å². The Morgan fingerprint density at radius 2 is 1.36 bits per heavy atom. The van der Waals surface area contributed by atoms with Crippen molar-refractivity contribution in [1.82, 2.24) is 4.98 Å². The number of nitrogens with one attached hydrogen (secondary N) is 1. The number of hydrogen-bond acceptors (Lipinski definition) is 1. The summed E-state index contributed by atoms with van der Waals surface area (Å²) in [6.45, 7) is 0. The van der Waals surface area contributed by atoms with Crippen LogP contribution in [0.5, 0.6) is 5.75 Å². The van der Waals surface area contributed by atoms with E-state index in [1.165, 1.54) is 26.9 Å². The van der Waals surface area contributed by atoms with Gasteiger partial charge in [0.1, 0.15) is 5.75 Å². The molecule has 1 heterocycles. The highest BCUT2D eigenvalue weighted by Crippen LogP contribution is 2.35. The van der Waals surface area contributed by atoms with E-state index < -0.39 is 0 Å². The molecule has 0 bridgehead atoms. The Morgan fingerprint density at radius 1 is 0.636 bits per heavy atom. The van der Waals surface area contributed by atoms with Gasteiger partial charge in [-0.05, 0) is 28.3 Å². The van der Waals surface area contributed by atoms with Crippen molar-refractivity contribution in [1.29, 1.82) is 0 Å². The van der Waals surface area contributed by atoms with Gasteiger partial charge in [-0.1, -0.05) is 48.5 Å². The lowest BCUT2D eigenvalue weighted by Crippen LogP contribution is -1.79. The Kier molecular flexibility index (Phi) is 2.12. The second kappa shape index (κ2) is 4.01. The maximum absolute atomic E-state index is 9.69. The fraction of sp³-hybridized carbons (Fsp3) is 0. The van der Waals surface area contributed by atoms with E-state index in [-0.39, 0.29) is 5.75 Å². The number of benzene rings is 4. The summed E-state index contributed by atoms with van der Waals surface area (Å²) >= 11 is 0. The van der Waals surface area contributed by atoms with Crippen LogP contribution in [0.25, 0.3) is 43.4 Å². The predicted octanol–water partition coefficient (Wildman–Crippen LogP) is 5.33. The van der Waals surface area contributed by atoms with Crippen LogP contribution < -0.4 is 0 Å². The summed E-state index contributed by atoms with van der Waals surface area (Å²) in [6.07, 6.45) is 0. The summed E-state index contributed by atoms with van der Waals surface area (Å²) in [6, 6.07) is 22.6. The molecular formula is C20H13NO. The number of hydrogen-bond donors (Lipinski definition) is 2. The highest BCUT2D eigenvalue weighted by molar-refractivity contribution is 6.21. The summed E-state index contributed by atoms with van der Waals surface area (Å²) in [5.74, 6) is 0.286. The van der Waals surface area contributed by atoms with Crippen molar-refractivity contribution in [2.24, 2.45) is 0 Å². The molecule has 5 rings (SSSR count). The molecule has 2 N–H and O–H groups in total. The Labute approximate surface area is 126 Å². The fourth-order valence-electron chi connectivity index (χ4n) is 3.45. The number of rotatable bonds is 0. The first-order valence-corrected chi connectivity index (χ1v) is 7.36. The van der Waals surface area contributed by atoms with E-state index in [1.807, 2.05) is 6.07 Å². The van der Waals surface area contributed by atoms with E-state index in [0.717, 1.165) is 16.4 Å². The quantitative estimate of drug-likeness (QED) is 0.370. The highest BCUT2D eigenvalue weighted by atomic mass is 16.3. The van der Waals surface area contributed by atoms with Crippen LogP contribution in [-0.4, -0.2) is 10.1 Å². The third-order valence-electron chi connectivity index (χ3n) is 4.48. The molecule has 2 heteroatoms. The first-order chi connectivity index (χ1) is 10.8. The summed E-state index contributed by atoms with van der Waals surface area (Å²) in [5.41, 5.74) is 2.10. The lowest BCUT2D eigenvalue weighted by molar-refractivity contribution is 0.476. The molecule has 1 aromatic heterocycles. The van der Waals surface area contributed by atoms with Crippen LogP contribution in [0.1, 0.15) is 0 Å². The molecule has 0 aliphatic rings. The molecule has 0 amide bonds. The largest absolute Gasteiger partial charge is 0.508 e. The van der Waals surface area contributed by atoms with E-state index >= 15 is 0 Å². The van der Waals surface area contributed by atoms with Crippen LogP contribution in [0, 0.1) is 0 Å². The van der Waals surface area contributed by atoms with Gasteiger partial charge in [-0.3, -0.25) is 0 Å². The molecule has 0 fully saturated rings. The number of fused-ring (bicyclic) bond motifs is 7. The lowest BCUT2D eigenvalue weighted by Gasteiger charge is -2.05. The average molecular weight is 283 g/mol. The third-order valence-corrected chi connectivity index (χ3v) is 4.48. The second-order valence-corrected chi connectivity index (χ2v) is 5.72. The number of phenols is 1. The molecule has 0 saturated heterocycles. The zero-order valence-corrected chi connectivity index (χ0v) is 11.8. The Bertz CT molecular complexity index is 1180. The van der Waals surface area contributed by atoms with Crippen LogP contribution in [-0.2, 0) is 0 Å². The zero-order chi connectivity index (χ0) is 14.7. The first kappa shape index (κ1) is 11.6.